The third-order valence-electron chi connectivity index (χ3n) is 10.7. The fraction of sp³-hybridized carbons (Fsp3) is 0.816. The first-order valence-corrected chi connectivity index (χ1v) is 26.0. The van der Waals surface area contributed by atoms with Crippen LogP contribution in [-0.2, 0) is 32.7 Å². The Bertz CT molecular complexity index is 1180. The second-order valence-electron chi connectivity index (χ2n) is 16.6. The number of hydrogen-bond donors (Lipinski definition) is 4. The van der Waals surface area contributed by atoms with Crippen LogP contribution in [0.25, 0.3) is 0 Å². The van der Waals surface area contributed by atoms with E-state index in [1.54, 1.807) is 0 Å². The number of ether oxygens (including phenoxy) is 1. The van der Waals surface area contributed by atoms with Gasteiger partial charge in [-0.2, -0.15) is 0 Å². The summed E-state index contributed by atoms with van der Waals surface area (Å²) < 4.78 is 26.9. The highest BCUT2D eigenvalue weighted by molar-refractivity contribution is 7.47. The van der Waals surface area contributed by atoms with Crippen molar-refractivity contribution in [3.8, 4) is 0 Å². The summed E-state index contributed by atoms with van der Waals surface area (Å²) in [6.45, 7) is 2.58. The van der Waals surface area contributed by atoms with E-state index in [2.05, 4.69) is 55.6 Å². The molecular weight excluding hydrogens is 794 g/mol. The molecule has 3 atom stereocenters. The van der Waals surface area contributed by atoms with E-state index in [9.17, 15) is 34.1 Å². The molecule has 0 heterocycles. The van der Waals surface area contributed by atoms with Crippen LogP contribution in [0.3, 0.4) is 0 Å². The molecule has 1 amide bonds. The van der Waals surface area contributed by atoms with E-state index in [-0.39, 0.29) is 12.8 Å². The molecule has 356 valence electrons. The molecule has 0 aliphatic rings. The Labute approximate surface area is 371 Å². The van der Waals surface area contributed by atoms with Gasteiger partial charge in [-0.25, -0.2) is 9.36 Å². The lowest BCUT2D eigenvalue weighted by Crippen LogP contribution is -2.43. The number of carbonyl (C=O) groups excluding carboxylic acids is 2. The van der Waals surface area contributed by atoms with Gasteiger partial charge in [-0.15, -0.1) is 0 Å². The summed E-state index contributed by atoms with van der Waals surface area (Å²) in [5.74, 6) is -2.38. The van der Waals surface area contributed by atoms with Crippen molar-refractivity contribution in [2.75, 3.05) is 19.8 Å². The van der Waals surface area contributed by atoms with Crippen LogP contribution >= 0.6 is 7.82 Å². The zero-order valence-corrected chi connectivity index (χ0v) is 39.6. The van der Waals surface area contributed by atoms with Crippen molar-refractivity contribution in [2.45, 2.75) is 238 Å². The molecule has 0 spiro atoms. The first-order valence-electron chi connectivity index (χ1n) is 24.5. The topological polar surface area (TPSA) is 169 Å². The van der Waals surface area contributed by atoms with Crippen molar-refractivity contribution in [1.29, 1.82) is 0 Å². The van der Waals surface area contributed by atoms with Gasteiger partial charge in [0.25, 0.3) is 0 Å². The van der Waals surface area contributed by atoms with Crippen LogP contribution in [0.1, 0.15) is 226 Å². The van der Waals surface area contributed by atoms with Crippen molar-refractivity contribution < 1.29 is 47.8 Å². The fourth-order valence-corrected chi connectivity index (χ4v) is 7.58. The molecule has 0 fully saturated rings. The van der Waals surface area contributed by atoms with Gasteiger partial charge in [0.1, 0.15) is 12.7 Å². The molecule has 0 aromatic rings. The van der Waals surface area contributed by atoms with E-state index < -0.39 is 57.6 Å². The molecule has 3 unspecified atom stereocenters. The van der Waals surface area contributed by atoms with Gasteiger partial charge >= 0.3 is 19.8 Å². The number of hydrogen-bond acceptors (Lipinski definition) is 8. The summed E-state index contributed by atoms with van der Waals surface area (Å²) in [5, 5.41) is 21.9. The second kappa shape index (κ2) is 44.3. The molecule has 0 rings (SSSR count). The standard InChI is InChI=1S/C49H90NO10P/c1-3-5-7-9-11-13-15-17-19-21-22-23-24-25-27-29-31-33-35-37-39-41-48(53)58-42-45(51)43-59-61(56,57)60-44-46(49(54)55)50-47(52)40-38-36-34-32-30-28-26-20-18-16-14-12-10-8-6-4-2/h11,13,17,19-20,26,45-46,51H,3-10,12,14-16,18,21-25,27-44H2,1-2H3,(H,50,52)(H,54,55)(H,56,57)/b13-11-,19-17-,26-20-. The van der Waals surface area contributed by atoms with Gasteiger partial charge in [0.2, 0.25) is 5.91 Å². The number of rotatable bonds is 46. The second-order valence-corrected chi connectivity index (χ2v) is 18.1. The smallest absolute Gasteiger partial charge is 0.472 e. The molecule has 4 N–H and O–H groups in total. The zero-order valence-electron chi connectivity index (χ0n) is 38.7. The first-order chi connectivity index (χ1) is 29.6. The Morgan fingerprint density at radius 2 is 0.902 bits per heavy atom. The largest absolute Gasteiger partial charge is 0.480 e. The molecule has 0 aromatic heterocycles. The maximum Gasteiger partial charge on any atom is 0.472 e. The van der Waals surface area contributed by atoms with Gasteiger partial charge in [-0.05, 0) is 70.6 Å². The predicted octanol–water partition coefficient (Wildman–Crippen LogP) is 13.2. The Balaban J connectivity index is 3.84. The molecule has 0 aliphatic carbocycles. The number of carbonyl (C=O) groups is 3. The van der Waals surface area contributed by atoms with Gasteiger partial charge in [0.05, 0.1) is 13.2 Å². The van der Waals surface area contributed by atoms with Crippen LogP contribution in [0.5, 0.6) is 0 Å². The Kier molecular flexibility index (Phi) is 42.6. The lowest BCUT2D eigenvalue weighted by atomic mass is 10.0. The van der Waals surface area contributed by atoms with Crippen molar-refractivity contribution in [1.82, 2.24) is 5.32 Å². The summed E-state index contributed by atoms with van der Waals surface area (Å²) in [6, 6.07) is -1.55. The van der Waals surface area contributed by atoms with Gasteiger partial charge in [0, 0.05) is 12.8 Å². The number of carboxylic acid groups (broad SMARTS) is 1. The lowest BCUT2D eigenvalue weighted by molar-refractivity contribution is -0.147. The van der Waals surface area contributed by atoms with E-state index >= 15 is 0 Å². The quantitative estimate of drug-likeness (QED) is 0.0200. The molecular formula is C49H90NO10P. The minimum absolute atomic E-state index is 0.136. The zero-order chi connectivity index (χ0) is 44.9. The number of carboxylic acids is 1. The Morgan fingerprint density at radius 1 is 0.525 bits per heavy atom. The van der Waals surface area contributed by atoms with E-state index in [0.717, 1.165) is 64.2 Å². The number of aliphatic carboxylic acids is 1. The van der Waals surface area contributed by atoms with Crippen LogP contribution in [0.15, 0.2) is 36.5 Å². The van der Waals surface area contributed by atoms with Gasteiger partial charge in [0.15, 0.2) is 6.04 Å². The number of phosphoric ester groups is 1. The van der Waals surface area contributed by atoms with Crippen LogP contribution < -0.4 is 5.32 Å². The van der Waals surface area contributed by atoms with Crippen LogP contribution in [0.4, 0.5) is 0 Å². The maximum absolute atomic E-state index is 12.3. The van der Waals surface area contributed by atoms with Crippen molar-refractivity contribution in [3.63, 3.8) is 0 Å². The summed E-state index contributed by atoms with van der Waals surface area (Å²) in [6.07, 6.45) is 48.8. The molecule has 0 bridgehead atoms. The minimum Gasteiger partial charge on any atom is -0.480 e. The fourth-order valence-electron chi connectivity index (χ4n) is 6.81. The molecule has 0 aliphatic heterocycles. The number of unbranched alkanes of at least 4 members (excludes halogenated alkanes) is 26. The van der Waals surface area contributed by atoms with Gasteiger partial charge in [-0.3, -0.25) is 18.6 Å². The van der Waals surface area contributed by atoms with Crippen LogP contribution in [0, 0.1) is 0 Å². The number of esters is 1. The number of allylic oxidation sites excluding steroid dienone is 6. The van der Waals surface area contributed by atoms with E-state index in [0.29, 0.717) is 12.8 Å². The Morgan fingerprint density at radius 3 is 1.38 bits per heavy atom. The Hall–Kier alpha value is -2.30. The summed E-state index contributed by atoms with van der Waals surface area (Å²) in [5.41, 5.74) is 0. The number of amides is 1. The summed E-state index contributed by atoms with van der Waals surface area (Å²) >= 11 is 0. The molecule has 61 heavy (non-hydrogen) atoms. The first kappa shape index (κ1) is 58.7. The summed E-state index contributed by atoms with van der Waals surface area (Å²) in [7, 11) is -4.76. The number of aliphatic hydroxyl groups is 1. The number of nitrogens with one attached hydrogen (secondary N) is 1. The minimum atomic E-state index is -4.76. The maximum atomic E-state index is 12.3. The van der Waals surface area contributed by atoms with Crippen molar-refractivity contribution >= 4 is 25.7 Å². The van der Waals surface area contributed by atoms with Gasteiger partial charge in [-0.1, -0.05) is 179 Å². The lowest BCUT2D eigenvalue weighted by Gasteiger charge is -2.18. The van der Waals surface area contributed by atoms with E-state index in [1.165, 1.54) is 122 Å². The van der Waals surface area contributed by atoms with Crippen LogP contribution in [0.2, 0.25) is 0 Å². The molecule has 11 nitrogen and oxygen atoms in total. The third-order valence-corrected chi connectivity index (χ3v) is 11.6. The number of aliphatic hydroxyl groups excluding tert-OH is 1. The van der Waals surface area contributed by atoms with Crippen molar-refractivity contribution in [3.05, 3.63) is 36.5 Å². The molecule has 0 saturated heterocycles. The van der Waals surface area contributed by atoms with Crippen molar-refractivity contribution in [2.24, 2.45) is 0 Å². The predicted molar refractivity (Wildman–Crippen MR) is 249 cm³/mol. The van der Waals surface area contributed by atoms with E-state index in [4.69, 9.17) is 13.8 Å². The third kappa shape index (κ3) is 44.1. The highest BCUT2D eigenvalue weighted by atomic mass is 31.2. The SMILES string of the molecule is CCCCC/C=C\C/C=C\CCCCCCCCCCCCCC(=O)OCC(O)COP(=O)(O)OCC(NC(=O)CCCCCCC/C=C\CCCCCCCCC)C(=O)O. The summed E-state index contributed by atoms with van der Waals surface area (Å²) in [4.78, 5) is 46.0. The van der Waals surface area contributed by atoms with E-state index in [1.807, 2.05) is 0 Å². The molecule has 0 aromatic carbocycles. The normalized spacial score (nSPS) is 13.9. The highest BCUT2D eigenvalue weighted by Crippen LogP contribution is 2.43. The van der Waals surface area contributed by atoms with Gasteiger partial charge < -0.3 is 25.2 Å². The number of phosphoric acid groups is 1. The molecule has 0 saturated carbocycles. The average Bonchev–Trinajstić information content (AvgIpc) is 3.24. The molecule has 0 radical (unpaired) electrons. The van der Waals surface area contributed by atoms with Crippen LogP contribution in [-0.4, -0.2) is 64.9 Å². The monoisotopic (exact) mass is 884 g/mol. The highest BCUT2D eigenvalue weighted by Gasteiger charge is 2.28. The average molecular weight is 884 g/mol. The molecule has 12 heteroatoms.